The molecule has 2 aromatic carbocycles. The van der Waals surface area contributed by atoms with E-state index < -0.39 is 0 Å². The Morgan fingerprint density at radius 1 is 1.06 bits per heavy atom. The van der Waals surface area contributed by atoms with Gasteiger partial charge in [0.05, 0.1) is 22.0 Å². The molecule has 1 N–H and O–H groups in total. The molecule has 0 fully saturated rings. The maximum Gasteiger partial charge on any atom is 0.234 e. The summed E-state index contributed by atoms with van der Waals surface area (Å²) in [6, 6.07) is 19.0. The van der Waals surface area contributed by atoms with Crippen molar-refractivity contribution in [2.45, 2.75) is 19.0 Å². The SMILES string of the molecule is CC(=O)c1ccc(NC(=O)CSc2nnc(-c3cc4c(C)nn(-c5ccccc5)c4s3)n2C)cc1. The van der Waals surface area contributed by atoms with Gasteiger partial charge in [-0.1, -0.05) is 30.0 Å². The average molecular weight is 503 g/mol. The zero-order valence-electron chi connectivity index (χ0n) is 19.3. The quantitative estimate of drug-likeness (QED) is 0.245. The van der Waals surface area contributed by atoms with E-state index in [1.54, 1.807) is 35.6 Å². The summed E-state index contributed by atoms with van der Waals surface area (Å²) in [6.45, 7) is 3.51. The Morgan fingerprint density at radius 2 is 1.80 bits per heavy atom. The van der Waals surface area contributed by atoms with Crippen molar-refractivity contribution < 1.29 is 9.59 Å². The molecule has 5 aromatic rings. The van der Waals surface area contributed by atoms with Crippen LogP contribution in [0.15, 0.2) is 65.8 Å². The van der Waals surface area contributed by atoms with Gasteiger partial charge in [0.25, 0.3) is 0 Å². The van der Waals surface area contributed by atoms with E-state index in [4.69, 9.17) is 5.10 Å². The summed E-state index contributed by atoms with van der Waals surface area (Å²) in [5.74, 6) is 0.765. The third kappa shape index (κ3) is 4.62. The maximum absolute atomic E-state index is 12.4. The Kier molecular flexibility index (Phi) is 6.23. The van der Waals surface area contributed by atoms with Gasteiger partial charge in [0.2, 0.25) is 5.91 Å². The van der Waals surface area contributed by atoms with Gasteiger partial charge >= 0.3 is 0 Å². The number of rotatable bonds is 7. The third-order valence-corrected chi connectivity index (χ3v) is 7.64. The number of aryl methyl sites for hydroxylation is 1. The Morgan fingerprint density at radius 3 is 2.51 bits per heavy atom. The highest BCUT2D eigenvalue weighted by Gasteiger charge is 2.19. The molecule has 0 radical (unpaired) electrons. The van der Waals surface area contributed by atoms with E-state index in [9.17, 15) is 9.59 Å². The van der Waals surface area contributed by atoms with Crippen molar-refractivity contribution in [3.8, 4) is 16.4 Å². The van der Waals surface area contributed by atoms with Gasteiger partial charge in [-0.15, -0.1) is 21.5 Å². The van der Waals surface area contributed by atoms with Crippen LogP contribution >= 0.6 is 23.1 Å². The molecule has 5 rings (SSSR count). The molecule has 10 heteroatoms. The van der Waals surface area contributed by atoms with Gasteiger partial charge in [0.15, 0.2) is 16.8 Å². The summed E-state index contributed by atoms with van der Waals surface area (Å²) < 4.78 is 3.86. The van der Waals surface area contributed by atoms with Crippen LogP contribution < -0.4 is 5.32 Å². The number of hydrogen-bond donors (Lipinski definition) is 1. The van der Waals surface area contributed by atoms with E-state index in [2.05, 4.69) is 21.6 Å². The number of thioether (sulfide) groups is 1. The van der Waals surface area contributed by atoms with Crippen LogP contribution in [-0.4, -0.2) is 42.0 Å². The van der Waals surface area contributed by atoms with E-state index in [-0.39, 0.29) is 17.4 Å². The highest BCUT2D eigenvalue weighted by Crippen LogP contribution is 2.36. The monoisotopic (exact) mass is 502 g/mol. The Labute approximate surface area is 210 Å². The van der Waals surface area contributed by atoms with Crippen molar-refractivity contribution in [3.63, 3.8) is 0 Å². The summed E-state index contributed by atoms with van der Waals surface area (Å²) in [7, 11) is 1.90. The van der Waals surface area contributed by atoms with Gasteiger partial charge in [0, 0.05) is 23.7 Å². The van der Waals surface area contributed by atoms with E-state index in [0.717, 1.165) is 32.3 Å². The van der Waals surface area contributed by atoms with Crippen LogP contribution in [0.3, 0.4) is 0 Å². The number of hydrogen-bond acceptors (Lipinski definition) is 7. The number of ketones is 1. The van der Waals surface area contributed by atoms with Crippen molar-refractivity contribution in [1.29, 1.82) is 0 Å². The van der Waals surface area contributed by atoms with E-state index in [1.165, 1.54) is 18.7 Å². The van der Waals surface area contributed by atoms with Crippen LogP contribution in [0.1, 0.15) is 23.0 Å². The average Bonchev–Trinajstić information content (AvgIpc) is 3.53. The first-order valence-corrected chi connectivity index (χ1v) is 12.7. The lowest BCUT2D eigenvalue weighted by molar-refractivity contribution is -0.113. The number of nitrogens with one attached hydrogen (secondary N) is 1. The number of amides is 1. The highest BCUT2D eigenvalue weighted by atomic mass is 32.2. The molecule has 0 saturated carbocycles. The first-order chi connectivity index (χ1) is 16.9. The minimum atomic E-state index is -0.157. The number of fused-ring (bicyclic) bond motifs is 1. The van der Waals surface area contributed by atoms with Gasteiger partial charge in [-0.3, -0.25) is 9.59 Å². The summed E-state index contributed by atoms with van der Waals surface area (Å²) >= 11 is 2.93. The van der Waals surface area contributed by atoms with Gasteiger partial charge < -0.3 is 9.88 Å². The molecular weight excluding hydrogens is 480 g/mol. The van der Waals surface area contributed by atoms with Gasteiger partial charge in [0.1, 0.15) is 4.83 Å². The van der Waals surface area contributed by atoms with Crippen molar-refractivity contribution in [2.24, 2.45) is 7.05 Å². The number of Topliss-reactive ketones (excluding diaryl/α,β-unsaturated/α-hetero) is 1. The molecule has 8 nitrogen and oxygen atoms in total. The second kappa shape index (κ2) is 9.47. The summed E-state index contributed by atoms with van der Waals surface area (Å²) in [5, 5.41) is 18.0. The van der Waals surface area contributed by atoms with Gasteiger partial charge in [-0.25, -0.2) is 4.68 Å². The minimum Gasteiger partial charge on any atom is -0.325 e. The molecule has 0 bridgehead atoms. The largest absolute Gasteiger partial charge is 0.325 e. The van der Waals surface area contributed by atoms with Crippen LogP contribution in [0.4, 0.5) is 5.69 Å². The van der Waals surface area contributed by atoms with Crippen LogP contribution in [-0.2, 0) is 11.8 Å². The lowest BCUT2D eigenvalue weighted by atomic mass is 10.1. The zero-order chi connectivity index (χ0) is 24.5. The molecule has 3 aromatic heterocycles. The van der Waals surface area contributed by atoms with Gasteiger partial charge in [-0.05, 0) is 56.3 Å². The molecule has 0 aliphatic rings. The Balaban J connectivity index is 1.31. The van der Waals surface area contributed by atoms with Crippen molar-refractivity contribution in [3.05, 3.63) is 71.9 Å². The van der Waals surface area contributed by atoms with Crippen molar-refractivity contribution in [1.82, 2.24) is 24.5 Å². The molecule has 3 heterocycles. The lowest BCUT2D eigenvalue weighted by Gasteiger charge is -2.06. The number of benzene rings is 2. The summed E-state index contributed by atoms with van der Waals surface area (Å²) in [6.07, 6.45) is 0. The number of carbonyl (C=O) groups excluding carboxylic acids is 2. The molecule has 0 atom stereocenters. The Bertz CT molecular complexity index is 1530. The molecule has 176 valence electrons. The fourth-order valence-electron chi connectivity index (χ4n) is 3.67. The lowest BCUT2D eigenvalue weighted by Crippen LogP contribution is -2.14. The van der Waals surface area contributed by atoms with Crippen LogP contribution in [0.25, 0.3) is 26.6 Å². The van der Waals surface area contributed by atoms with Crippen LogP contribution in [0, 0.1) is 6.92 Å². The predicted octanol–water partition coefficient (Wildman–Crippen LogP) is 5.12. The third-order valence-electron chi connectivity index (χ3n) is 5.51. The number of thiophene rings is 1. The molecular formula is C25H22N6O2S2. The smallest absolute Gasteiger partial charge is 0.234 e. The second-order valence-corrected chi connectivity index (χ2v) is 9.97. The normalized spacial score (nSPS) is 11.2. The standard InChI is InChI=1S/C25H22N6O2S2/c1-15-20-13-21(35-24(20)31(29-15)19-7-5-4-6-8-19)23-27-28-25(30(23)3)34-14-22(33)26-18-11-9-17(10-12-18)16(2)32/h4-13H,14H2,1-3H3,(H,26,33). The fraction of sp³-hybridized carbons (Fsp3) is 0.160. The van der Waals surface area contributed by atoms with Crippen LogP contribution in [0.5, 0.6) is 0 Å². The number of aromatic nitrogens is 5. The molecule has 0 aliphatic carbocycles. The maximum atomic E-state index is 12.4. The van der Waals surface area contributed by atoms with Gasteiger partial charge in [-0.2, -0.15) is 5.10 Å². The molecule has 35 heavy (non-hydrogen) atoms. The summed E-state index contributed by atoms with van der Waals surface area (Å²) in [4.78, 5) is 25.9. The molecule has 1 amide bonds. The summed E-state index contributed by atoms with van der Waals surface area (Å²) in [5.41, 5.74) is 3.22. The molecule has 0 saturated heterocycles. The van der Waals surface area contributed by atoms with Crippen LogP contribution in [0.2, 0.25) is 0 Å². The first kappa shape index (κ1) is 23.0. The zero-order valence-corrected chi connectivity index (χ0v) is 21.0. The van der Waals surface area contributed by atoms with Crippen molar-refractivity contribution >= 4 is 50.7 Å². The number of anilines is 1. The number of nitrogens with zero attached hydrogens (tertiary/aromatic N) is 5. The molecule has 0 aliphatic heterocycles. The molecule has 0 unspecified atom stereocenters. The van der Waals surface area contributed by atoms with E-state index >= 15 is 0 Å². The fourth-order valence-corrected chi connectivity index (χ4v) is 5.59. The molecule has 0 spiro atoms. The minimum absolute atomic E-state index is 0.0114. The predicted molar refractivity (Wildman–Crippen MR) is 139 cm³/mol. The highest BCUT2D eigenvalue weighted by molar-refractivity contribution is 7.99. The second-order valence-electron chi connectivity index (χ2n) is 8.00. The van der Waals surface area contributed by atoms with E-state index in [0.29, 0.717) is 16.4 Å². The first-order valence-electron chi connectivity index (χ1n) is 10.9. The Hall–Kier alpha value is -3.76. The topological polar surface area (TPSA) is 94.7 Å². The van der Waals surface area contributed by atoms with E-state index in [1.807, 2.05) is 53.6 Å². The van der Waals surface area contributed by atoms with Crippen molar-refractivity contribution in [2.75, 3.05) is 11.1 Å². The number of carbonyl (C=O) groups is 2. The number of para-hydroxylation sites is 1.